The van der Waals surface area contributed by atoms with Crippen molar-refractivity contribution in [2.45, 2.75) is 32.5 Å². The summed E-state index contributed by atoms with van der Waals surface area (Å²) in [6.45, 7) is 4.88. The number of aromatic nitrogens is 1. The first-order valence-corrected chi connectivity index (χ1v) is 9.25. The fourth-order valence-corrected chi connectivity index (χ4v) is 3.24. The molecule has 0 fully saturated rings. The van der Waals surface area contributed by atoms with Gasteiger partial charge in [-0.15, -0.1) is 0 Å². The summed E-state index contributed by atoms with van der Waals surface area (Å²) in [5.74, 6) is 0.246. The van der Waals surface area contributed by atoms with Crippen LogP contribution in [0.25, 0.3) is 0 Å². The van der Waals surface area contributed by atoms with Crippen LogP contribution >= 0.6 is 0 Å². The van der Waals surface area contributed by atoms with Crippen molar-refractivity contribution >= 4 is 11.8 Å². The van der Waals surface area contributed by atoms with Crippen LogP contribution in [-0.4, -0.2) is 66.1 Å². The topological polar surface area (TPSA) is 87.9 Å². The van der Waals surface area contributed by atoms with Crippen LogP contribution in [0.4, 0.5) is 0 Å². The van der Waals surface area contributed by atoms with Crippen molar-refractivity contribution in [3.05, 3.63) is 47.3 Å². The highest BCUT2D eigenvalue weighted by Crippen LogP contribution is 2.25. The second-order valence-corrected chi connectivity index (χ2v) is 7.33. The van der Waals surface area contributed by atoms with Crippen molar-refractivity contribution in [1.82, 2.24) is 20.3 Å². The highest BCUT2D eigenvalue weighted by Gasteiger charge is 2.32. The largest absolute Gasteiger partial charge is 0.491 e. The smallest absolute Gasteiger partial charge is 0.290 e. The van der Waals surface area contributed by atoms with Crippen LogP contribution in [-0.2, 0) is 11.3 Å². The van der Waals surface area contributed by atoms with Gasteiger partial charge in [0.25, 0.3) is 5.91 Å². The number of carbonyl (C=O) groups excluding carboxylic acids is 2. The minimum Gasteiger partial charge on any atom is -0.491 e. The van der Waals surface area contributed by atoms with Crippen molar-refractivity contribution in [2.24, 2.45) is 0 Å². The van der Waals surface area contributed by atoms with E-state index in [9.17, 15) is 9.59 Å². The van der Waals surface area contributed by atoms with E-state index in [0.29, 0.717) is 25.4 Å². The second-order valence-electron chi connectivity index (χ2n) is 7.33. The molecule has 1 aliphatic heterocycles. The summed E-state index contributed by atoms with van der Waals surface area (Å²) in [6.07, 6.45) is 0. The monoisotopic (exact) mass is 386 g/mol. The van der Waals surface area contributed by atoms with Crippen LogP contribution in [0.15, 0.2) is 34.9 Å². The van der Waals surface area contributed by atoms with Crippen molar-refractivity contribution in [3.8, 4) is 5.75 Å². The Kier molecular flexibility index (Phi) is 5.99. The molecule has 3 rings (SSSR count). The molecule has 0 spiro atoms. The molecular formula is C20H26N4O4. The number of benzene rings is 1. The standard InChI is InChI=1S/C20H26N4O4/c1-13-9-18(28-22-13)19(25)21-14(2)20(26)24-10-15-7-5-6-8-17(15)27-12-16(24)11-23(3)4/h5-9,14,16H,10-12H2,1-4H3,(H,21,25). The van der Waals surface area contributed by atoms with Gasteiger partial charge in [0.2, 0.25) is 11.7 Å². The number of rotatable bonds is 5. The molecule has 2 atom stereocenters. The maximum atomic E-state index is 13.2. The molecule has 2 heterocycles. The number of carbonyl (C=O) groups is 2. The molecule has 1 aromatic heterocycles. The first-order valence-electron chi connectivity index (χ1n) is 9.25. The van der Waals surface area contributed by atoms with Crippen molar-refractivity contribution in [3.63, 3.8) is 0 Å². The van der Waals surface area contributed by atoms with Crippen LogP contribution < -0.4 is 10.1 Å². The van der Waals surface area contributed by atoms with E-state index in [0.717, 1.165) is 11.3 Å². The molecule has 0 saturated carbocycles. The van der Waals surface area contributed by atoms with E-state index < -0.39 is 11.9 Å². The molecule has 2 aromatic rings. The molecule has 2 amide bonds. The van der Waals surface area contributed by atoms with Gasteiger partial charge >= 0.3 is 0 Å². The van der Waals surface area contributed by atoms with Crippen molar-refractivity contribution < 1.29 is 18.8 Å². The number of fused-ring (bicyclic) bond motifs is 1. The zero-order valence-corrected chi connectivity index (χ0v) is 16.6. The Labute approximate surface area is 164 Å². The Balaban J connectivity index is 1.77. The van der Waals surface area contributed by atoms with Crippen LogP contribution in [0.2, 0.25) is 0 Å². The minimum atomic E-state index is -0.715. The Hall–Kier alpha value is -2.87. The molecule has 1 aromatic carbocycles. The maximum absolute atomic E-state index is 13.2. The zero-order valence-electron chi connectivity index (χ0n) is 16.6. The first-order chi connectivity index (χ1) is 13.3. The van der Waals surface area contributed by atoms with Gasteiger partial charge in [-0.3, -0.25) is 9.59 Å². The molecule has 0 aliphatic carbocycles. The predicted octanol–water partition coefficient (Wildman–Crippen LogP) is 1.45. The van der Waals surface area contributed by atoms with Crippen LogP contribution in [0.5, 0.6) is 5.75 Å². The van der Waals surface area contributed by atoms with Gasteiger partial charge in [0.1, 0.15) is 18.4 Å². The number of hydrogen-bond acceptors (Lipinski definition) is 6. The summed E-state index contributed by atoms with van der Waals surface area (Å²) in [5, 5.41) is 6.42. The summed E-state index contributed by atoms with van der Waals surface area (Å²) in [4.78, 5) is 29.3. The molecule has 0 bridgehead atoms. The van der Waals surface area contributed by atoms with Crippen LogP contribution in [0.3, 0.4) is 0 Å². The van der Waals surface area contributed by atoms with Crippen LogP contribution in [0.1, 0.15) is 28.7 Å². The number of aryl methyl sites for hydroxylation is 1. The van der Waals surface area contributed by atoms with Gasteiger partial charge in [-0.2, -0.15) is 0 Å². The quantitative estimate of drug-likeness (QED) is 0.837. The van der Waals surface area contributed by atoms with E-state index in [2.05, 4.69) is 10.5 Å². The molecule has 8 nitrogen and oxygen atoms in total. The Morgan fingerprint density at radius 1 is 1.36 bits per heavy atom. The number of hydrogen-bond donors (Lipinski definition) is 1. The summed E-state index contributed by atoms with van der Waals surface area (Å²) in [6, 6.07) is 8.39. The molecule has 0 radical (unpaired) electrons. The predicted molar refractivity (Wildman–Crippen MR) is 103 cm³/mol. The third-order valence-electron chi connectivity index (χ3n) is 4.61. The van der Waals surface area contributed by atoms with Crippen molar-refractivity contribution in [1.29, 1.82) is 0 Å². The van der Waals surface area contributed by atoms with Gasteiger partial charge in [-0.1, -0.05) is 23.4 Å². The first kappa shape index (κ1) is 19.9. The van der Waals surface area contributed by atoms with Crippen LogP contribution in [0, 0.1) is 6.92 Å². The van der Waals surface area contributed by atoms with E-state index in [4.69, 9.17) is 9.26 Å². The van der Waals surface area contributed by atoms with Gasteiger partial charge in [-0.05, 0) is 34.0 Å². The molecule has 2 unspecified atom stereocenters. The molecule has 150 valence electrons. The molecular weight excluding hydrogens is 360 g/mol. The molecule has 1 aliphatic rings. The summed E-state index contributed by atoms with van der Waals surface area (Å²) < 4.78 is 10.9. The lowest BCUT2D eigenvalue weighted by atomic mass is 10.1. The molecule has 1 N–H and O–H groups in total. The highest BCUT2D eigenvalue weighted by atomic mass is 16.5. The Morgan fingerprint density at radius 2 is 2.11 bits per heavy atom. The van der Waals surface area contributed by atoms with E-state index in [1.165, 1.54) is 6.07 Å². The number of likely N-dealkylation sites (N-methyl/N-ethyl adjacent to an activating group) is 1. The number of nitrogens with one attached hydrogen (secondary N) is 1. The fourth-order valence-electron chi connectivity index (χ4n) is 3.24. The minimum absolute atomic E-state index is 0.0894. The van der Waals surface area contributed by atoms with E-state index in [1.54, 1.807) is 18.7 Å². The van der Waals surface area contributed by atoms with E-state index in [-0.39, 0.29) is 17.7 Å². The number of para-hydroxylation sites is 1. The molecule has 28 heavy (non-hydrogen) atoms. The zero-order chi connectivity index (χ0) is 20.3. The average molecular weight is 386 g/mol. The van der Waals surface area contributed by atoms with Gasteiger partial charge in [0.05, 0.1) is 11.7 Å². The second kappa shape index (κ2) is 8.43. The highest BCUT2D eigenvalue weighted by molar-refractivity contribution is 5.95. The normalized spacial score (nSPS) is 17.5. The van der Waals surface area contributed by atoms with E-state index in [1.807, 2.05) is 43.3 Å². The fraction of sp³-hybridized carbons (Fsp3) is 0.450. The number of nitrogens with zero attached hydrogens (tertiary/aromatic N) is 3. The Morgan fingerprint density at radius 3 is 2.79 bits per heavy atom. The van der Waals surface area contributed by atoms with Gasteiger partial charge in [0, 0.05) is 24.7 Å². The van der Waals surface area contributed by atoms with E-state index >= 15 is 0 Å². The lowest BCUT2D eigenvalue weighted by molar-refractivity contribution is -0.136. The summed E-state index contributed by atoms with van der Waals surface area (Å²) in [5.41, 5.74) is 1.55. The third-order valence-corrected chi connectivity index (χ3v) is 4.61. The van der Waals surface area contributed by atoms with Gasteiger partial charge < -0.3 is 24.4 Å². The average Bonchev–Trinajstić information content (AvgIpc) is 3.01. The summed E-state index contributed by atoms with van der Waals surface area (Å²) >= 11 is 0. The Bertz CT molecular complexity index is 848. The van der Waals surface area contributed by atoms with Gasteiger partial charge in [-0.25, -0.2) is 0 Å². The summed E-state index contributed by atoms with van der Waals surface area (Å²) in [7, 11) is 3.91. The third kappa shape index (κ3) is 4.51. The lowest BCUT2D eigenvalue weighted by Gasteiger charge is -2.33. The lowest BCUT2D eigenvalue weighted by Crippen LogP contribution is -2.53. The maximum Gasteiger partial charge on any atom is 0.290 e. The molecule has 0 saturated heterocycles. The van der Waals surface area contributed by atoms with Crippen molar-refractivity contribution in [2.75, 3.05) is 27.2 Å². The van der Waals surface area contributed by atoms with Gasteiger partial charge in [0.15, 0.2) is 0 Å². The number of amides is 2. The molecule has 8 heteroatoms. The SMILES string of the molecule is Cc1cc(C(=O)NC(C)C(=O)N2Cc3ccccc3OCC2CN(C)C)on1. The number of ether oxygens (including phenoxy) is 1.